The highest BCUT2D eigenvalue weighted by Crippen LogP contribution is 2.40. The molecule has 15 heteroatoms. The number of amides is 4. The lowest BCUT2D eigenvalue weighted by molar-refractivity contribution is -0.120. The van der Waals surface area contributed by atoms with Crippen molar-refractivity contribution in [3.8, 4) is 5.75 Å². The minimum absolute atomic E-state index is 0.145. The van der Waals surface area contributed by atoms with Crippen LogP contribution in [-0.2, 0) is 4.79 Å². The average molecular weight is 783 g/mol. The zero-order valence-electron chi connectivity index (χ0n) is 32.0. The van der Waals surface area contributed by atoms with Crippen LogP contribution in [0.15, 0.2) is 70.7 Å². The number of piperidine rings is 1. The second-order valence-electron chi connectivity index (χ2n) is 15.7. The largest absolute Gasteiger partial charge is 0.496 e. The number of alkyl halides is 2. The van der Waals surface area contributed by atoms with Crippen molar-refractivity contribution in [3.05, 3.63) is 82.4 Å². The number of imide groups is 1. The number of rotatable bonds is 11. The summed E-state index contributed by atoms with van der Waals surface area (Å²) in [5, 5.41) is 6.02. The molecule has 2 saturated heterocycles. The summed E-state index contributed by atoms with van der Waals surface area (Å²) in [6, 6.07) is 13.9. The smallest absolute Gasteiger partial charge is 0.328 e. The van der Waals surface area contributed by atoms with Gasteiger partial charge in [0.25, 0.3) is 17.4 Å². The van der Waals surface area contributed by atoms with Crippen molar-refractivity contribution < 1.29 is 27.9 Å². The Morgan fingerprint density at radius 2 is 1.70 bits per heavy atom. The van der Waals surface area contributed by atoms with Crippen molar-refractivity contribution in [1.29, 1.82) is 0 Å². The molecule has 2 aliphatic carbocycles. The first-order chi connectivity index (χ1) is 27.5. The number of benzene rings is 2. The van der Waals surface area contributed by atoms with Crippen LogP contribution in [0.2, 0.25) is 0 Å². The molecule has 4 aromatic rings. The maximum atomic E-state index is 15.8. The molecule has 4 amide bonds. The minimum atomic E-state index is -2.84. The molecule has 2 aliphatic heterocycles. The number of halogens is 2. The van der Waals surface area contributed by atoms with E-state index >= 15 is 8.78 Å². The Balaban J connectivity index is 0.847. The standard InChI is InChI=1S/C42H48F2N8O5/c1-57-37-23-33(45)26(22-32(37)39(54)47-34-4-3-17-51(40(34)55)29-11-12-29)24-46-28-9-7-27(8-10-28)42(43,44)25-49-18-13-30(14-19-49)50-20-15-31-35(50)5-2-6-36(31)52-21-16-38(53)48-41(52)56/h2-6,15,17,20,22-24,27-30H,7-14,16,18-19,21,25,45H2,1H3,(H,47,54)(H,48,53,56). The average Bonchev–Trinajstić information content (AvgIpc) is 3.96. The van der Waals surface area contributed by atoms with Crippen LogP contribution in [0.4, 0.5) is 30.6 Å². The summed E-state index contributed by atoms with van der Waals surface area (Å²) in [7, 11) is 1.44. The highest BCUT2D eigenvalue weighted by atomic mass is 19.3. The van der Waals surface area contributed by atoms with Crippen molar-refractivity contribution in [2.45, 2.75) is 81.8 Å². The molecule has 0 spiro atoms. The number of likely N-dealkylation sites (tertiary alicyclic amines) is 1. The number of ether oxygens (including phenoxy) is 1. The summed E-state index contributed by atoms with van der Waals surface area (Å²) < 4.78 is 40.8. The van der Waals surface area contributed by atoms with Crippen LogP contribution in [0.25, 0.3) is 10.9 Å². The van der Waals surface area contributed by atoms with Gasteiger partial charge in [-0.1, -0.05) is 6.07 Å². The summed E-state index contributed by atoms with van der Waals surface area (Å²) >= 11 is 0. The number of nitrogens with one attached hydrogen (secondary N) is 2. The first kappa shape index (κ1) is 38.3. The normalized spacial score (nSPS) is 21.3. The number of carbonyl (C=O) groups excluding carboxylic acids is 3. The molecule has 0 radical (unpaired) electrons. The summed E-state index contributed by atoms with van der Waals surface area (Å²) in [4.78, 5) is 58.7. The lowest BCUT2D eigenvalue weighted by Crippen LogP contribution is -2.49. The Morgan fingerprint density at radius 3 is 2.42 bits per heavy atom. The van der Waals surface area contributed by atoms with Crippen molar-refractivity contribution in [2.24, 2.45) is 10.9 Å². The molecule has 57 heavy (non-hydrogen) atoms. The van der Waals surface area contributed by atoms with Gasteiger partial charge in [-0.3, -0.25) is 34.5 Å². The van der Waals surface area contributed by atoms with Gasteiger partial charge in [0.15, 0.2) is 0 Å². The van der Waals surface area contributed by atoms with Gasteiger partial charge in [0.2, 0.25) is 5.91 Å². The SMILES string of the molecule is COc1cc(N)c(C=NC2CCC(C(F)(F)CN3CCC(n4ccc5c(N6CCC(=O)NC6=O)cccc54)CC3)CC2)cc1C(=O)Nc1cccn(C2CC2)c1=O. The molecule has 2 aromatic heterocycles. The number of hydrogen-bond donors (Lipinski definition) is 3. The quantitative estimate of drug-likeness (QED) is 0.118. The number of methoxy groups -OCH3 is 1. The van der Waals surface area contributed by atoms with Gasteiger partial charge in [0.05, 0.1) is 30.4 Å². The van der Waals surface area contributed by atoms with Crippen molar-refractivity contribution in [1.82, 2.24) is 19.4 Å². The van der Waals surface area contributed by atoms with Crippen LogP contribution in [-0.4, -0.2) is 83.3 Å². The summed E-state index contributed by atoms with van der Waals surface area (Å²) in [5.74, 6) is -4.12. The Bertz CT molecular complexity index is 2270. The van der Waals surface area contributed by atoms with E-state index in [4.69, 9.17) is 15.5 Å². The maximum absolute atomic E-state index is 15.8. The number of anilines is 3. The molecule has 0 unspecified atom stereocenters. The molecule has 8 rings (SSSR count). The van der Waals surface area contributed by atoms with Crippen LogP contribution in [0.1, 0.15) is 85.8 Å². The monoisotopic (exact) mass is 782 g/mol. The molecule has 4 N–H and O–H groups in total. The Labute approximate surface area is 328 Å². The van der Waals surface area contributed by atoms with Gasteiger partial charge in [-0.15, -0.1) is 0 Å². The van der Waals surface area contributed by atoms with Crippen LogP contribution in [0, 0.1) is 5.92 Å². The molecule has 0 atom stereocenters. The zero-order chi connectivity index (χ0) is 39.8. The highest BCUT2D eigenvalue weighted by Gasteiger charge is 2.43. The molecule has 2 aromatic carbocycles. The van der Waals surface area contributed by atoms with Gasteiger partial charge in [-0.2, -0.15) is 0 Å². The van der Waals surface area contributed by atoms with Gasteiger partial charge in [-0.05, 0) is 87.8 Å². The summed E-state index contributed by atoms with van der Waals surface area (Å²) in [6.45, 7) is 1.16. The molecule has 4 aliphatic rings. The molecule has 4 fully saturated rings. The summed E-state index contributed by atoms with van der Waals surface area (Å²) in [6.07, 6.45) is 10.6. The third kappa shape index (κ3) is 8.02. The molecule has 0 bridgehead atoms. The number of nitrogens with zero attached hydrogens (tertiary/aromatic N) is 5. The molecule has 300 valence electrons. The first-order valence-electron chi connectivity index (χ1n) is 19.8. The number of hydrogen-bond acceptors (Lipinski definition) is 8. The molecule has 2 saturated carbocycles. The van der Waals surface area contributed by atoms with Gasteiger partial charge in [0, 0.05) is 91.4 Å². The van der Waals surface area contributed by atoms with Crippen LogP contribution in [0.5, 0.6) is 5.75 Å². The fourth-order valence-electron chi connectivity index (χ4n) is 8.64. The van der Waals surface area contributed by atoms with Crippen molar-refractivity contribution in [2.75, 3.05) is 49.2 Å². The molecule has 13 nitrogen and oxygen atoms in total. The van der Waals surface area contributed by atoms with E-state index in [-0.39, 0.29) is 59.6 Å². The van der Waals surface area contributed by atoms with E-state index in [2.05, 4.69) is 15.2 Å². The molecular weight excluding hydrogens is 735 g/mol. The number of pyridine rings is 1. The zero-order valence-corrected chi connectivity index (χ0v) is 32.0. The predicted octanol–water partition coefficient (Wildman–Crippen LogP) is 6.38. The van der Waals surface area contributed by atoms with E-state index in [1.807, 2.05) is 35.4 Å². The topological polar surface area (TPSA) is 156 Å². The second kappa shape index (κ2) is 15.8. The lowest BCUT2D eigenvalue weighted by atomic mass is 9.82. The fraction of sp³-hybridized carbons (Fsp3) is 0.452. The van der Waals surface area contributed by atoms with E-state index in [1.165, 1.54) is 7.11 Å². The number of fused-ring (bicyclic) bond motifs is 1. The number of carbonyl (C=O) groups is 3. The van der Waals surface area contributed by atoms with E-state index in [1.54, 1.807) is 46.1 Å². The Kier molecular flexibility index (Phi) is 10.6. The number of aliphatic imine (C=N–C) groups is 1. The van der Waals surface area contributed by atoms with Crippen molar-refractivity contribution in [3.63, 3.8) is 0 Å². The van der Waals surface area contributed by atoms with Crippen LogP contribution >= 0.6 is 0 Å². The maximum Gasteiger partial charge on any atom is 0.328 e. The number of nitrogens with two attached hydrogens (primary N) is 1. The van der Waals surface area contributed by atoms with Crippen LogP contribution < -0.4 is 31.6 Å². The van der Waals surface area contributed by atoms with Crippen LogP contribution in [0.3, 0.4) is 0 Å². The third-order valence-electron chi connectivity index (χ3n) is 12.0. The second-order valence-corrected chi connectivity index (χ2v) is 15.7. The van der Waals surface area contributed by atoms with Gasteiger partial charge < -0.3 is 24.9 Å². The van der Waals surface area contributed by atoms with Gasteiger partial charge in [0.1, 0.15) is 11.4 Å². The van der Waals surface area contributed by atoms with Gasteiger partial charge >= 0.3 is 6.03 Å². The first-order valence-corrected chi connectivity index (χ1v) is 19.8. The van der Waals surface area contributed by atoms with Gasteiger partial charge in [-0.25, -0.2) is 13.6 Å². The summed E-state index contributed by atoms with van der Waals surface area (Å²) in [5.41, 5.74) is 8.99. The lowest BCUT2D eigenvalue weighted by Gasteiger charge is -2.38. The van der Waals surface area contributed by atoms with Crippen molar-refractivity contribution >= 4 is 52.0 Å². The number of urea groups is 1. The Morgan fingerprint density at radius 1 is 0.947 bits per heavy atom. The fourth-order valence-corrected chi connectivity index (χ4v) is 8.64. The predicted molar refractivity (Wildman–Crippen MR) is 215 cm³/mol. The Hall–Kier alpha value is -5.57. The van der Waals surface area contributed by atoms with E-state index in [9.17, 15) is 19.2 Å². The number of aromatic nitrogens is 2. The van der Waals surface area contributed by atoms with E-state index in [0.29, 0.717) is 56.6 Å². The highest BCUT2D eigenvalue weighted by molar-refractivity contribution is 6.10. The molecular formula is C42H48F2N8O5. The third-order valence-corrected chi connectivity index (χ3v) is 12.0. The van der Waals surface area contributed by atoms with E-state index in [0.717, 1.165) is 42.3 Å². The molecule has 4 heterocycles. The number of nitrogen functional groups attached to an aromatic ring is 1. The van der Waals surface area contributed by atoms with E-state index < -0.39 is 23.8 Å². The minimum Gasteiger partial charge on any atom is -0.496 e.